The molecule has 1 saturated carbocycles. The fraction of sp³-hybridized carbons (Fsp3) is 0.467. The smallest absolute Gasteiger partial charge is 0.309 e. The van der Waals surface area contributed by atoms with Crippen LogP contribution < -0.4 is 5.32 Å². The standard InChI is InChI=1S/C15H17ClFNO3/c1-9(19)18-6-3-7-21-15(20)11-8-10(11)14-12(16)4-2-5-13(14)17/h2,4-5,10-11H,3,6-8H2,1H3,(H,18,19). The predicted molar refractivity (Wildman–Crippen MR) is 76.5 cm³/mol. The van der Waals surface area contributed by atoms with Crippen LogP contribution in [0.3, 0.4) is 0 Å². The molecule has 6 heteroatoms. The van der Waals surface area contributed by atoms with Crippen LogP contribution >= 0.6 is 11.6 Å². The molecule has 1 N–H and O–H groups in total. The van der Waals surface area contributed by atoms with Crippen LogP contribution in [0.5, 0.6) is 0 Å². The Morgan fingerprint density at radius 1 is 1.48 bits per heavy atom. The molecule has 0 radical (unpaired) electrons. The minimum absolute atomic E-state index is 0.113. The first-order chi connectivity index (χ1) is 10.0. The molecule has 0 heterocycles. The van der Waals surface area contributed by atoms with Gasteiger partial charge in [0, 0.05) is 30.0 Å². The number of halogens is 2. The van der Waals surface area contributed by atoms with E-state index in [1.165, 1.54) is 13.0 Å². The molecular formula is C15H17ClFNO3. The summed E-state index contributed by atoms with van der Waals surface area (Å²) in [6.07, 6.45) is 1.12. The Kier molecular flexibility index (Phi) is 5.17. The van der Waals surface area contributed by atoms with Gasteiger partial charge in [0.05, 0.1) is 12.5 Å². The molecule has 2 atom stereocenters. The Morgan fingerprint density at radius 3 is 2.90 bits per heavy atom. The average Bonchev–Trinajstić information content (AvgIpc) is 3.18. The molecule has 0 saturated heterocycles. The zero-order valence-electron chi connectivity index (χ0n) is 11.7. The number of nitrogens with one attached hydrogen (secondary N) is 1. The van der Waals surface area contributed by atoms with E-state index in [0.717, 1.165) is 0 Å². The number of ether oxygens (including phenoxy) is 1. The zero-order valence-corrected chi connectivity index (χ0v) is 12.5. The molecule has 2 unspecified atom stereocenters. The lowest BCUT2D eigenvalue weighted by molar-refractivity contribution is -0.145. The van der Waals surface area contributed by atoms with Gasteiger partial charge in [-0.25, -0.2) is 4.39 Å². The molecule has 1 aromatic carbocycles. The van der Waals surface area contributed by atoms with Crippen molar-refractivity contribution in [2.45, 2.75) is 25.7 Å². The van der Waals surface area contributed by atoms with Gasteiger partial charge in [-0.3, -0.25) is 9.59 Å². The van der Waals surface area contributed by atoms with Crippen LogP contribution in [0.15, 0.2) is 18.2 Å². The van der Waals surface area contributed by atoms with E-state index >= 15 is 0 Å². The molecular weight excluding hydrogens is 297 g/mol. The minimum Gasteiger partial charge on any atom is -0.465 e. The SMILES string of the molecule is CC(=O)NCCCOC(=O)C1CC1c1c(F)cccc1Cl. The molecule has 0 aromatic heterocycles. The largest absolute Gasteiger partial charge is 0.465 e. The first kappa shape index (κ1) is 15.8. The van der Waals surface area contributed by atoms with Crippen molar-refractivity contribution in [1.82, 2.24) is 5.32 Å². The fourth-order valence-corrected chi connectivity index (χ4v) is 2.56. The van der Waals surface area contributed by atoms with Crippen LogP contribution in [0.25, 0.3) is 0 Å². The number of amides is 1. The summed E-state index contributed by atoms with van der Waals surface area (Å²) in [4.78, 5) is 22.5. The van der Waals surface area contributed by atoms with Crippen LogP contribution in [0.4, 0.5) is 4.39 Å². The van der Waals surface area contributed by atoms with Crippen molar-refractivity contribution in [3.05, 3.63) is 34.6 Å². The van der Waals surface area contributed by atoms with Crippen molar-refractivity contribution in [2.75, 3.05) is 13.2 Å². The van der Waals surface area contributed by atoms with Crippen LogP contribution in [0, 0.1) is 11.7 Å². The second kappa shape index (κ2) is 6.89. The molecule has 21 heavy (non-hydrogen) atoms. The van der Waals surface area contributed by atoms with Gasteiger partial charge in [-0.2, -0.15) is 0 Å². The molecule has 1 aromatic rings. The van der Waals surface area contributed by atoms with Gasteiger partial charge >= 0.3 is 5.97 Å². The summed E-state index contributed by atoms with van der Waals surface area (Å²) < 4.78 is 18.9. The number of hydrogen-bond donors (Lipinski definition) is 1. The summed E-state index contributed by atoms with van der Waals surface area (Å²) in [5, 5.41) is 2.96. The Labute approximate surface area is 127 Å². The first-order valence-corrected chi connectivity index (χ1v) is 7.23. The lowest BCUT2D eigenvalue weighted by Gasteiger charge is -2.06. The molecule has 1 fully saturated rings. The van der Waals surface area contributed by atoms with Crippen molar-refractivity contribution >= 4 is 23.5 Å². The number of carbonyl (C=O) groups excluding carboxylic acids is 2. The van der Waals surface area contributed by atoms with Gasteiger partial charge in [0.25, 0.3) is 0 Å². The maximum absolute atomic E-state index is 13.7. The van der Waals surface area contributed by atoms with E-state index in [-0.39, 0.29) is 36.1 Å². The summed E-state index contributed by atoms with van der Waals surface area (Å²) in [5.74, 6) is -1.34. The number of rotatable bonds is 6. The van der Waals surface area contributed by atoms with Gasteiger partial charge < -0.3 is 10.1 Å². The van der Waals surface area contributed by atoms with Crippen molar-refractivity contribution in [3.63, 3.8) is 0 Å². The molecule has 0 spiro atoms. The van der Waals surface area contributed by atoms with Crippen molar-refractivity contribution in [2.24, 2.45) is 5.92 Å². The highest BCUT2D eigenvalue weighted by Crippen LogP contribution is 2.51. The van der Waals surface area contributed by atoms with Crippen LogP contribution in [0.2, 0.25) is 5.02 Å². The Bertz CT molecular complexity index is 529. The van der Waals surface area contributed by atoms with Crippen molar-refractivity contribution in [1.29, 1.82) is 0 Å². The number of hydrogen-bond acceptors (Lipinski definition) is 3. The zero-order chi connectivity index (χ0) is 15.4. The third kappa shape index (κ3) is 4.17. The molecule has 114 valence electrons. The van der Waals surface area contributed by atoms with Gasteiger partial charge in [-0.1, -0.05) is 17.7 Å². The predicted octanol–water partition coefficient (Wildman–Crippen LogP) is 2.65. The third-order valence-corrected chi connectivity index (χ3v) is 3.73. The van der Waals surface area contributed by atoms with E-state index in [2.05, 4.69) is 5.32 Å². The van der Waals surface area contributed by atoms with E-state index in [1.807, 2.05) is 0 Å². The summed E-state index contributed by atoms with van der Waals surface area (Å²) in [6, 6.07) is 4.50. The highest BCUT2D eigenvalue weighted by molar-refractivity contribution is 6.31. The Hall–Kier alpha value is -1.62. The van der Waals surface area contributed by atoms with E-state index in [1.54, 1.807) is 12.1 Å². The summed E-state index contributed by atoms with van der Waals surface area (Å²) in [5.41, 5.74) is 0.402. The average molecular weight is 314 g/mol. The number of carbonyl (C=O) groups is 2. The van der Waals surface area contributed by atoms with E-state index in [0.29, 0.717) is 30.0 Å². The van der Waals surface area contributed by atoms with E-state index < -0.39 is 0 Å². The normalized spacial score (nSPS) is 20.0. The summed E-state index contributed by atoms with van der Waals surface area (Å²) in [6.45, 7) is 2.14. The maximum atomic E-state index is 13.7. The lowest BCUT2D eigenvalue weighted by atomic mass is 10.1. The van der Waals surface area contributed by atoms with Crippen molar-refractivity contribution in [3.8, 4) is 0 Å². The van der Waals surface area contributed by atoms with Gasteiger partial charge in [0.1, 0.15) is 5.82 Å². The molecule has 1 aliphatic rings. The second-order valence-corrected chi connectivity index (χ2v) is 5.50. The molecule has 0 bridgehead atoms. The molecule has 1 amide bonds. The fourth-order valence-electron chi connectivity index (χ4n) is 2.26. The van der Waals surface area contributed by atoms with Crippen LogP contribution in [-0.4, -0.2) is 25.0 Å². The third-order valence-electron chi connectivity index (χ3n) is 3.40. The molecule has 4 nitrogen and oxygen atoms in total. The first-order valence-electron chi connectivity index (χ1n) is 6.85. The van der Waals surface area contributed by atoms with E-state index in [9.17, 15) is 14.0 Å². The van der Waals surface area contributed by atoms with Gasteiger partial charge in [-0.05, 0) is 25.0 Å². The van der Waals surface area contributed by atoms with Gasteiger partial charge in [0.2, 0.25) is 5.91 Å². The van der Waals surface area contributed by atoms with Gasteiger partial charge in [-0.15, -0.1) is 0 Å². The molecule has 2 rings (SSSR count). The molecule has 0 aliphatic heterocycles. The van der Waals surface area contributed by atoms with E-state index in [4.69, 9.17) is 16.3 Å². The highest BCUT2D eigenvalue weighted by Gasteiger charge is 2.47. The monoisotopic (exact) mass is 313 g/mol. The van der Waals surface area contributed by atoms with Crippen LogP contribution in [0.1, 0.15) is 31.2 Å². The topological polar surface area (TPSA) is 55.4 Å². The lowest BCUT2D eigenvalue weighted by Crippen LogP contribution is -2.22. The summed E-state index contributed by atoms with van der Waals surface area (Å²) >= 11 is 5.98. The maximum Gasteiger partial charge on any atom is 0.309 e. The summed E-state index contributed by atoms with van der Waals surface area (Å²) in [7, 11) is 0. The Balaban J connectivity index is 1.78. The second-order valence-electron chi connectivity index (χ2n) is 5.09. The van der Waals surface area contributed by atoms with Gasteiger partial charge in [0.15, 0.2) is 0 Å². The minimum atomic E-state index is -0.381. The highest BCUT2D eigenvalue weighted by atomic mass is 35.5. The van der Waals surface area contributed by atoms with Crippen LogP contribution in [-0.2, 0) is 14.3 Å². The number of benzene rings is 1. The van der Waals surface area contributed by atoms with Crippen molar-refractivity contribution < 1.29 is 18.7 Å². The quantitative estimate of drug-likeness (QED) is 0.649. The Morgan fingerprint density at radius 2 is 2.24 bits per heavy atom. The number of esters is 1. The molecule has 1 aliphatic carbocycles.